The Balaban J connectivity index is 1.42. The van der Waals surface area contributed by atoms with Crippen molar-refractivity contribution in [2.24, 2.45) is 0 Å². The van der Waals surface area contributed by atoms with E-state index >= 15 is 0 Å². The number of ether oxygens (including phenoxy) is 3. The molecular formula is C28H29N3O4. The molecule has 3 aromatic carbocycles. The lowest BCUT2D eigenvalue weighted by Crippen LogP contribution is -2.25. The largest absolute Gasteiger partial charge is 0.497 e. The average molecular weight is 472 g/mol. The van der Waals surface area contributed by atoms with Gasteiger partial charge in [-0.2, -0.15) is 0 Å². The number of methoxy groups -OCH3 is 2. The molecule has 5 rings (SSSR count). The second-order valence-corrected chi connectivity index (χ2v) is 8.72. The number of fused-ring (bicyclic) bond motifs is 1. The molecule has 1 atom stereocenters. The van der Waals surface area contributed by atoms with E-state index in [1.54, 1.807) is 19.1 Å². The number of rotatable bonds is 8. The Morgan fingerprint density at radius 3 is 2.63 bits per heavy atom. The van der Waals surface area contributed by atoms with Crippen LogP contribution in [0.25, 0.3) is 11.0 Å². The third kappa shape index (κ3) is 4.54. The van der Waals surface area contributed by atoms with E-state index in [-0.39, 0.29) is 11.8 Å². The zero-order valence-electron chi connectivity index (χ0n) is 20.2. The summed E-state index contributed by atoms with van der Waals surface area (Å²) in [5.41, 5.74) is 3.83. The molecular weight excluding hydrogens is 442 g/mol. The molecule has 4 aromatic rings. The van der Waals surface area contributed by atoms with Crippen LogP contribution in [0.5, 0.6) is 17.2 Å². The summed E-state index contributed by atoms with van der Waals surface area (Å²) in [6.07, 6.45) is 0.377. The van der Waals surface area contributed by atoms with Gasteiger partial charge in [0.25, 0.3) is 0 Å². The normalized spacial score (nSPS) is 15.6. The molecule has 1 fully saturated rings. The number of aromatic nitrogens is 2. The summed E-state index contributed by atoms with van der Waals surface area (Å²) in [5, 5.41) is 0. The lowest BCUT2D eigenvalue weighted by molar-refractivity contribution is -0.117. The Morgan fingerprint density at radius 2 is 1.83 bits per heavy atom. The lowest BCUT2D eigenvalue weighted by atomic mass is 10.1. The Morgan fingerprint density at radius 1 is 0.971 bits per heavy atom. The van der Waals surface area contributed by atoms with Crippen LogP contribution in [0.4, 0.5) is 5.69 Å². The molecule has 1 unspecified atom stereocenters. The van der Waals surface area contributed by atoms with Crippen LogP contribution in [-0.4, -0.2) is 42.8 Å². The molecule has 2 heterocycles. The third-order valence-corrected chi connectivity index (χ3v) is 6.42. The van der Waals surface area contributed by atoms with Gasteiger partial charge in [-0.05, 0) is 48.9 Å². The monoisotopic (exact) mass is 471 g/mol. The van der Waals surface area contributed by atoms with Gasteiger partial charge in [-0.1, -0.05) is 24.3 Å². The summed E-state index contributed by atoms with van der Waals surface area (Å²) in [4.78, 5) is 19.9. The van der Waals surface area contributed by atoms with Crippen LogP contribution < -0.4 is 19.1 Å². The van der Waals surface area contributed by atoms with Gasteiger partial charge in [-0.15, -0.1) is 0 Å². The predicted octanol–water partition coefficient (Wildman–Crippen LogP) is 4.96. The van der Waals surface area contributed by atoms with Crippen molar-refractivity contribution < 1.29 is 19.0 Å². The molecule has 35 heavy (non-hydrogen) atoms. The van der Waals surface area contributed by atoms with E-state index in [0.29, 0.717) is 43.3 Å². The number of imidazole rings is 1. The van der Waals surface area contributed by atoms with Gasteiger partial charge >= 0.3 is 0 Å². The molecule has 1 aliphatic heterocycles. The molecule has 0 bridgehead atoms. The van der Waals surface area contributed by atoms with Crippen LogP contribution in [0.2, 0.25) is 0 Å². The fourth-order valence-electron chi connectivity index (χ4n) is 4.72. The third-order valence-electron chi connectivity index (χ3n) is 6.42. The number of carbonyl (C=O) groups is 1. The Bertz CT molecular complexity index is 1360. The first-order valence-electron chi connectivity index (χ1n) is 11.7. The van der Waals surface area contributed by atoms with E-state index < -0.39 is 0 Å². The number of nitrogens with zero attached hydrogens (tertiary/aromatic N) is 3. The molecule has 1 aliphatic rings. The topological polar surface area (TPSA) is 65.8 Å². The Hall–Kier alpha value is -4.00. The number of hydrogen-bond donors (Lipinski definition) is 0. The molecule has 0 radical (unpaired) electrons. The molecule has 0 spiro atoms. The van der Waals surface area contributed by atoms with Crippen molar-refractivity contribution in [3.05, 3.63) is 78.1 Å². The van der Waals surface area contributed by atoms with Crippen molar-refractivity contribution in [2.75, 3.05) is 32.3 Å². The summed E-state index contributed by atoms with van der Waals surface area (Å²) in [7, 11) is 3.22. The zero-order valence-corrected chi connectivity index (χ0v) is 20.2. The smallest absolute Gasteiger partial charge is 0.227 e. The highest BCUT2D eigenvalue weighted by Gasteiger charge is 2.36. The fraction of sp³-hybridized carbons (Fsp3) is 0.286. The van der Waals surface area contributed by atoms with E-state index in [0.717, 1.165) is 28.2 Å². The second-order valence-electron chi connectivity index (χ2n) is 8.72. The molecule has 0 N–H and O–H groups in total. The first-order chi connectivity index (χ1) is 17.1. The van der Waals surface area contributed by atoms with Gasteiger partial charge in [0.15, 0.2) is 0 Å². The van der Waals surface area contributed by atoms with Gasteiger partial charge in [0.2, 0.25) is 5.91 Å². The molecule has 0 aliphatic carbocycles. The van der Waals surface area contributed by atoms with Crippen LogP contribution in [0, 0.1) is 6.92 Å². The number of hydrogen-bond acceptors (Lipinski definition) is 5. The van der Waals surface area contributed by atoms with Crippen molar-refractivity contribution in [2.45, 2.75) is 25.8 Å². The summed E-state index contributed by atoms with van der Waals surface area (Å²) < 4.78 is 19.1. The van der Waals surface area contributed by atoms with E-state index in [1.807, 2.05) is 54.6 Å². The van der Waals surface area contributed by atoms with Crippen molar-refractivity contribution in [3.63, 3.8) is 0 Å². The highest BCUT2D eigenvalue weighted by Crippen LogP contribution is 2.39. The quantitative estimate of drug-likeness (QED) is 0.363. The molecule has 180 valence electrons. The van der Waals surface area contributed by atoms with Gasteiger partial charge in [-0.3, -0.25) is 4.79 Å². The maximum Gasteiger partial charge on any atom is 0.227 e. The van der Waals surface area contributed by atoms with Crippen LogP contribution in [0.3, 0.4) is 0 Å². The maximum atomic E-state index is 13.2. The summed E-state index contributed by atoms with van der Waals surface area (Å²) in [6.45, 7) is 3.71. The first kappa shape index (κ1) is 22.8. The average Bonchev–Trinajstić information content (AvgIpc) is 3.44. The zero-order chi connectivity index (χ0) is 24.4. The number of para-hydroxylation sites is 2. The second kappa shape index (κ2) is 9.70. The lowest BCUT2D eigenvalue weighted by Gasteiger charge is -2.20. The number of amides is 1. The van der Waals surface area contributed by atoms with Gasteiger partial charge in [0, 0.05) is 24.9 Å². The fourth-order valence-corrected chi connectivity index (χ4v) is 4.72. The number of carbonyl (C=O) groups excluding carboxylic acids is 1. The number of benzene rings is 3. The highest BCUT2D eigenvalue weighted by molar-refractivity contribution is 5.98. The van der Waals surface area contributed by atoms with Gasteiger partial charge in [0.1, 0.15) is 29.7 Å². The number of aryl methyl sites for hydroxylation is 1. The molecule has 7 nitrogen and oxygen atoms in total. The van der Waals surface area contributed by atoms with E-state index in [2.05, 4.69) is 23.6 Å². The van der Waals surface area contributed by atoms with Crippen molar-refractivity contribution >= 4 is 22.6 Å². The molecule has 1 amide bonds. The van der Waals surface area contributed by atoms with Crippen molar-refractivity contribution in [1.29, 1.82) is 0 Å². The van der Waals surface area contributed by atoms with Crippen molar-refractivity contribution in [3.8, 4) is 17.2 Å². The molecule has 1 aromatic heterocycles. The maximum absolute atomic E-state index is 13.2. The summed E-state index contributed by atoms with van der Waals surface area (Å²) in [6, 6.07) is 21.6. The Labute approximate surface area is 204 Å². The number of anilines is 1. The minimum absolute atomic E-state index is 0.0381. The van der Waals surface area contributed by atoms with Crippen molar-refractivity contribution in [1.82, 2.24) is 9.55 Å². The summed E-state index contributed by atoms with van der Waals surface area (Å²) >= 11 is 0. The minimum atomic E-state index is -0.0511. The molecule has 0 saturated carbocycles. The summed E-state index contributed by atoms with van der Waals surface area (Å²) in [5.74, 6) is 3.05. The van der Waals surface area contributed by atoms with Gasteiger partial charge in [-0.25, -0.2) is 4.98 Å². The van der Waals surface area contributed by atoms with Crippen LogP contribution >= 0.6 is 0 Å². The van der Waals surface area contributed by atoms with Crippen LogP contribution in [0.1, 0.15) is 23.7 Å². The van der Waals surface area contributed by atoms with E-state index in [1.165, 1.54) is 0 Å². The van der Waals surface area contributed by atoms with E-state index in [4.69, 9.17) is 19.2 Å². The SMILES string of the molecule is COc1ccc(OC)c(N2CC(c3nc4ccccc4n3CCOc3cccc(C)c3)CC2=O)c1. The van der Waals surface area contributed by atoms with Crippen LogP contribution in [0.15, 0.2) is 66.7 Å². The molecule has 1 saturated heterocycles. The minimum Gasteiger partial charge on any atom is -0.497 e. The highest BCUT2D eigenvalue weighted by atomic mass is 16.5. The van der Waals surface area contributed by atoms with Gasteiger partial charge in [0.05, 0.1) is 37.5 Å². The van der Waals surface area contributed by atoms with Gasteiger partial charge < -0.3 is 23.7 Å². The predicted molar refractivity (Wildman–Crippen MR) is 136 cm³/mol. The van der Waals surface area contributed by atoms with Crippen LogP contribution in [-0.2, 0) is 11.3 Å². The standard InChI is InChI=1S/C28H29N3O4/c1-19-7-6-8-22(15-19)35-14-13-30-24-10-5-4-9-23(24)29-28(30)20-16-27(32)31(18-20)25-17-21(33-2)11-12-26(25)34-3/h4-12,15,17,20H,13-14,16,18H2,1-3H3. The van der Waals surface area contributed by atoms with E-state index in [9.17, 15) is 4.79 Å². The molecule has 7 heteroatoms. The first-order valence-corrected chi connectivity index (χ1v) is 11.7. The Kier molecular flexibility index (Phi) is 6.31.